The second-order valence-electron chi connectivity index (χ2n) is 8.86. The smallest absolute Gasteiger partial charge is 0.254 e. The highest BCUT2D eigenvalue weighted by Gasteiger charge is 2.31. The maximum absolute atomic E-state index is 13.5. The first kappa shape index (κ1) is 19.7. The second kappa shape index (κ2) is 7.85. The van der Waals surface area contributed by atoms with Crippen LogP contribution in [0.25, 0.3) is 15.9 Å². The van der Waals surface area contributed by atoms with Crippen LogP contribution in [0.4, 0.5) is 5.82 Å². The van der Waals surface area contributed by atoms with Crippen molar-refractivity contribution in [3.8, 4) is 0 Å². The van der Waals surface area contributed by atoms with Crippen LogP contribution in [0.5, 0.6) is 0 Å². The zero-order valence-electron chi connectivity index (χ0n) is 18.2. The molecule has 0 N–H and O–H groups in total. The normalized spacial score (nSPS) is 19.3. The van der Waals surface area contributed by atoms with Gasteiger partial charge in [-0.3, -0.25) is 4.79 Å². The summed E-state index contributed by atoms with van der Waals surface area (Å²) in [5.41, 5.74) is 6.42. The van der Waals surface area contributed by atoms with Gasteiger partial charge in [-0.2, -0.15) is 5.10 Å². The number of rotatable bonds is 3. The van der Waals surface area contributed by atoms with E-state index in [2.05, 4.69) is 29.1 Å². The largest absolute Gasteiger partial charge is 0.356 e. The minimum absolute atomic E-state index is 0.0225. The maximum Gasteiger partial charge on any atom is 0.254 e. The molecule has 7 nitrogen and oxygen atoms in total. The van der Waals surface area contributed by atoms with Gasteiger partial charge in [0.15, 0.2) is 5.65 Å². The molecule has 0 bridgehead atoms. The molecule has 2 aliphatic heterocycles. The molecular formula is C24H26N6OS. The number of aromatic nitrogens is 4. The monoisotopic (exact) mass is 446 g/mol. The molecule has 3 aromatic heterocycles. The van der Waals surface area contributed by atoms with Crippen LogP contribution >= 0.6 is 11.3 Å². The predicted molar refractivity (Wildman–Crippen MR) is 126 cm³/mol. The fourth-order valence-electron chi connectivity index (χ4n) is 5.07. The van der Waals surface area contributed by atoms with Crippen LogP contribution in [0, 0.1) is 6.92 Å². The van der Waals surface area contributed by atoms with Gasteiger partial charge < -0.3 is 9.80 Å². The highest BCUT2D eigenvalue weighted by molar-refractivity contribution is 7.16. The summed E-state index contributed by atoms with van der Waals surface area (Å²) in [6.45, 7) is 5.00. The van der Waals surface area contributed by atoms with Crippen LogP contribution in [0.3, 0.4) is 0 Å². The molecule has 1 aromatic carbocycles. The summed E-state index contributed by atoms with van der Waals surface area (Å²) in [5.74, 6) is 1.14. The number of fused-ring (bicyclic) bond motifs is 2. The molecule has 6 rings (SSSR count). The SMILES string of the molecule is Cc1cn2nc(C3CCCCN3C(=O)c3ccc4ncsc4c3)cc2nc1N1CCCC1. The van der Waals surface area contributed by atoms with Crippen molar-refractivity contribution in [1.82, 2.24) is 24.5 Å². The van der Waals surface area contributed by atoms with E-state index >= 15 is 0 Å². The number of aryl methyl sites for hydroxylation is 1. The lowest BCUT2D eigenvalue weighted by atomic mass is 9.98. The Labute approximate surface area is 190 Å². The van der Waals surface area contributed by atoms with Crippen LogP contribution in [0.2, 0.25) is 0 Å². The van der Waals surface area contributed by atoms with Crippen LogP contribution in [-0.2, 0) is 0 Å². The van der Waals surface area contributed by atoms with Gasteiger partial charge in [-0.15, -0.1) is 11.3 Å². The zero-order chi connectivity index (χ0) is 21.7. The van der Waals surface area contributed by atoms with Gasteiger partial charge in [0, 0.05) is 43.0 Å². The van der Waals surface area contributed by atoms with Crippen molar-refractivity contribution in [2.24, 2.45) is 0 Å². The van der Waals surface area contributed by atoms with Gasteiger partial charge in [0.25, 0.3) is 5.91 Å². The highest BCUT2D eigenvalue weighted by Crippen LogP contribution is 2.33. The third kappa shape index (κ3) is 3.33. The molecule has 2 fully saturated rings. The van der Waals surface area contributed by atoms with E-state index in [-0.39, 0.29) is 11.9 Å². The Balaban J connectivity index is 1.34. The van der Waals surface area contributed by atoms with E-state index < -0.39 is 0 Å². The van der Waals surface area contributed by atoms with Gasteiger partial charge in [0.05, 0.1) is 27.5 Å². The minimum atomic E-state index is -0.0225. The van der Waals surface area contributed by atoms with E-state index in [4.69, 9.17) is 10.1 Å². The molecular weight excluding hydrogens is 420 g/mol. The zero-order valence-corrected chi connectivity index (χ0v) is 19.0. The molecule has 2 saturated heterocycles. The van der Waals surface area contributed by atoms with Crippen molar-refractivity contribution >= 4 is 38.9 Å². The molecule has 4 aromatic rings. The Kier molecular flexibility index (Phi) is 4.82. The van der Waals surface area contributed by atoms with Crippen molar-refractivity contribution < 1.29 is 4.79 Å². The summed E-state index contributed by atoms with van der Waals surface area (Å²) in [5, 5.41) is 4.87. The average molecular weight is 447 g/mol. The van der Waals surface area contributed by atoms with Gasteiger partial charge in [0.2, 0.25) is 0 Å². The van der Waals surface area contributed by atoms with Gasteiger partial charge in [-0.05, 0) is 57.2 Å². The second-order valence-corrected chi connectivity index (χ2v) is 9.74. The molecule has 1 amide bonds. The van der Waals surface area contributed by atoms with Crippen molar-refractivity contribution in [3.05, 3.63) is 52.8 Å². The van der Waals surface area contributed by atoms with Crippen molar-refractivity contribution in [2.75, 3.05) is 24.5 Å². The number of piperidine rings is 1. The number of carbonyl (C=O) groups excluding carboxylic acids is 1. The molecule has 0 radical (unpaired) electrons. The summed E-state index contributed by atoms with van der Waals surface area (Å²) in [4.78, 5) is 27.1. The number of benzene rings is 1. The first-order valence-electron chi connectivity index (χ1n) is 11.4. The maximum atomic E-state index is 13.5. The minimum Gasteiger partial charge on any atom is -0.356 e. The number of thiazole rings is 1. The number of carbonyl (C=O) groups is 1. The summed E-state index contributed by atoms with van der Waals surface area (Å²) in [7, 11) is 0. The summed E-state index contributed by atoms with van der Waals surface area (Å²) in [6, 6.07) is 7.85. The highest BCUT2D eigenvalue weighted by atomic mass is 32.1. The van der Waals surface area contributed by atoms with E-state index in [1.54, 1.807) is 11.3 Å². The Morgan fingerprint density at radius 3 is 2.81 bits per heavy atom. The number of hydrogen-bond acceptors (Lipinski definition) is 6. The molecule has 0 aliphatic carbocycles. The van der Waals surface area contributed by atoms with E-state index in [0.717, 1.165) is 77.4 Å². The molecule has 8 heteroatoms. The lowest BCUT2D eigenvalue weighted by Gasteiger charge is -2.34. The van der Waals surface area contributed by atoms with Crippen LogP contribution in [0.15, 0.2) is 36.0 Å². The van der Waals surface area contributed by atoms with Gasteiger partial charge in [-0.1, -0.05) is 0 Å². The molecule has 1 atom stereocenters. The number of hydrogen-bond donors (Lipinski definition) is 0. The van der Waals surface area contributed by atoms with E-state index in [1.807, 2.05) is 33.1 Å². The fraction of sp³-hybridized carbons (Fsp3) is 0.417. The van der Waals surface area contributed by atoms with E-state index in [0.29, 0.717) is 0 Å². The molecule has 2 aliphatic rings. The molecule has 164 valence electrons. The number of amides is 1. The predicted octanol–water partition coefficient (Wildman–Crippen LogP) is 4.62. The molecule has 5 heterocycles. The standard InChI is InChI=1S/C24H26N6OS/c1-16-14-30-22(26-23(16)28-9-4-5-10-28)13-19(27-30)20-6-2-3-11-29(20)24(31)17-7-8-18-21(12-17)32-15-25-18/h7-8,12-15,20H,2-6,9-11H2,1H3. The lowest BCUT2D eigenvalue weighted by molar-refractivity contribution is 0.0606. The van der Waals surface area contributed by atoms with E-state index in [1.165, 1.54) is 12.8 Å². The summed E-state index contributed by atoms with van der Waals surface area (Å²) in [6.07, 6.45) is 7.58. The fourth-order valence-corrected chi connectivity index (χ4v) is 5.78. The van der Waals surface area contributed by atoms with Gasteiger partial charge in [0.1, 0.15) is 5.82 Å². The van der Waals surface area contributed by atoms with Gasteiger partial charge >= 0.3 is 0 Å². The summed E-state index contributed by atoms with van der Waals surface area (Å²) < 4.78 is 2.93. The Morgan fingerprint density at radius 2 is 1.94 bits per heavy atom. The van der Waals surface area contributed by atoms with Gasteiger partial charge in [-0.25, -0.2) is 14.5 Å². The number of nitrogens with zero attached hydrogens (tertiary/aromatic N) is 6. The van der Waals surface area contributed by atoms with E-state index in [9.17, 15) is 4.79 Å². The van der Waals surface area contributed by atoms with Crippen molar-refractivity contribution in [1.29, 1.82) is 0 Å². The molecule has 0 spiro atoms. The van der Waals surface area contributed by atoms with Crippen LogP contribution in [0.1, 0.15) is 59.8 Å². The number of likely N-dealkylation sites (tertiary alicyclic amines) is 1. The quantitative estimate of drug-likeness (QED) is 0.460. The van der Waals surface area contributed by atoms with Crippen LogP contribution in [-0.4, -0.2) is 50.0 Å². The van der Waals surface area contributed by atoms with Crippen molar-refractivity contribution in [2.45, 2.75) is 45.1 Å². The molecule has 0 saturated carbocycles. The Bertz CT molecular complexity index is 1300. The third-order valence-corrected chi connectivity index (χ3v) is 7.50. The number of anilines is 1. The Morgan fingerprint density at radius 1 is 1.09 bits per heavy atom. The molecule has 32 heavy (non-hydrogen) atoms. The lowest BCUT2D eigenvalue weighted by Crippen LogP contribution is -2.38. The Hall–Kier alpha value is -3.00. The van der Waals surface area contributed by atoms with Crippen LogP contribution < -0.4 is 4.90 Å². The molecule has 1 unspecified atom stereocenters. The summed E-state index contributed by atoms with van der Waals surface area (Å²) >= 11 is 1.57. The average Bonchev–Trinajstić information content (AvgIpc) is 3.57. The topological polar surface area (TPSA) is 66.6 Å². The van der Waals surface area contributed by atoms with Crippen molar-refractivity contribution in [3.63, 3.8) is 0 Å². The first-order chi connectivity index (χ1) is 15.7. The first-order valence-corrected chi connectivity index (χ1v) is 12.3. The third-order valence-electron chi connectivity index (χ3n) is 6.71.